The number of halogens is 1. The molecular formula is C13H15BrN4. The lowest BCUT2D eigenvalue weighted by atomic mass is 10.2. The zero-order valence-corrected chi connectivity index (χ0v) is 11.8. The van der Waals surface area contributed by atoms with Gasteiger partial charge in [-0.1, -0.05) is 28.1 Å². The van der Waals surface area contributed by atoms with Crippen LogP contribution >= 0.6 is 15.9 Å². The summed E-state index contributed by atoms with van der Waals surface area (Å²) in [5.41, 5.74) is 7.63. The average Bonchev–Trinajstić information content (AvgIpc) is 2.39. The van der Waals surface area contributed by atoms with Crippen LogP contribution in [-0.2, 0) is 13.1 Å². The zero-order valence-electron chi connectivity index (χ0n) is 10.2. The fraction of sp³-hybridized carbons (Fsp3) is 0.231. The summed E-state index contributed by atoms with van der Waals surface area (Å²) >= 11 is 3.46. The number of hydrogen-bond acceptors (Lipinski definition) is 4. The van der Waals surface area contributed by atoms with Gasteiger partial charge in [0.2, 0.25) is 5.95 Å². The fourth-order valence-corrected chi connectivity index (χ4v) is 2.11. The number of hydrogen-bond donors (Lipinski definition) is 1. The zero-order chi connectivity index (χ0) is 13.0. The highest BCUT2D eigenvalue weighted by molar-refractivity contribution is 9.10. The molecule has 2 N–H and O–H groups in total. The van der Waals surface area contributed by atoms with E-state index in [0.717, 1.165) is 16.7 Å². The van der Waals surface area contributed by atoms with Gasteiger partial charge in [0.05, 0.1) is 5.69 Å². The van der Waals surface area contributed by atoms with Crippen molar-refractivity contribution >= 4 is 21.9 Å². The third kappa shape index (κ3) is 3.27. The van der Waals surface area contributed by atoms with Crippen LogP contribution in [-0.4, -0.2) is 17.0 Å². The number of anilines is 1. The van der Waals surface area contributed by atoms with Gasteiger partial charge in [0, 0.05) is 30.8 Å². The quantitative estimate of drug-likeness (QED) is 0.942. The van der Waals surface area contributed by atoms with Crippen LogP contribution in [0.3, 0.4) is 0 Å². The van der Waals surface area contributed by atoms with Crippen LogP contribution in [0.4, 0.5) is 5.95 Å². The van der Waals surface area contributed by atoms with Crippen LogP contribution < -0.4 is 10.6 Å². The molecule has 0 fully saturated rings. The van der Waals surface area contributed by atoms with Crippen molar-refractivity contribution in [1.82, 2.24) is 9.97 Å². The van der Waals surface area contributed by atoms with Crippen molar-refractivity contribution in [2.45, 2.75) is 13.1 Å². The lowest BCUT2D eigenvalue weighted by Crippen LogP contribution is -2.19. The van der Waals surface area contributed by atoms with E-state index in [-0.39, 0.29) is 0 Å². The molecule has 1 heterocycles. The van der Waals surface area contributed by atoms with E-state index in [2.05, 4.69) is 38.0 Å². The normalized spacial score (nSPS) is 10.4. The summed E-state index contributed by atoms with van der Waals surface area (Å²) in [7, 11) is 1.97. The molecule has 0 bridgehead atoms. The number of aromatic nitrogens is 2. The van der Waals surface area contributed by atoms with E-state index in [1.807, 2.05) is 30.1 Å². The molecule has 0 atom stereocenters. The van der Waals surface area contributed by atoms with E-state index in [9.17, 15) is 0 Å². The van der Waals surface area contributed by atoms with Crippen LogP contribution in [0.1, 0.15) is 11.3 Å². The molecule has 18 heavy (non-hydrogen) atoms. The highest BCUT2D eigenvalue weighted by Gasteiger charge is 2.06. The molecule has 0 saturated carbocycles. The second-order valence-electron chi connectivity index (χ2n) is 4.04. The maximum absolute atomic E-state index is 5.58. The van der Waals surface area contributed by atoms with Gasteiger partial charge in [-0.15, -0.1) is 0 Å². The lowest BCUT2D eigenvalue weighted by Gasteiger charge is -2.17. The van der Waals surface area contributed by atoms with Crippen molar-refractivity contribution in [3.63, 3.8) is 0 Å². The van der Waals surface area contributed by atoms with Gasteiger partial charge in [-0.25, -0.2) is 9.97 Å². The van der Waals surface area contributed by atoms with E-state index >= 15 is 0 Å². The van der Waals surface area contributed by atoms with Crippen molar-refractivity contribution in [2.75, 3.05) is 11.9 Å². The molecule has 1 aromatic carbocycles. The molecule has 1 aromatic heterocycles. The third-order valence-electron chi connectivity index (χ3n) is 2.56. The van der Waals surface area contributed by atoms with Crippen LogP contribution in [0, 0.1) is 0 Å². The van der Waals surface area contributed by atoms with Crippen LogP contribution in [0.5, 0.6) is 0 Å². The van der Waals surface area contributed by atoms with Gasteiger partial charge in [0.25, 0.3) is 0 Å². The topological polar surface area (TPSA) is 55.0 Å². The molecule has 0 amide bonds. The summed E-state index contributed by atoms with van der Waals surface area (Å²) in [5.74, 6) is 0.693. The molecule has 0 aliphatic heterocycles. The molecule has 4 nitrogen and oxygen atoms in total. The third-order valence-corrected chi connectivity index (χ3v) is 3.05. The van der Waals surface area contributed by atoms with Gasteiger partial charge in [-0.2, -0.15) is 0 Å². The molecule has 0 saturated heterocycles. The lowest BCUT2D eigenvalue weighted by molar-refractivity contribution is 0.845. The number of nitrogens with zero attached hydrogens (tertiary/aromatic N) is 3. The molecule has 5 heteroatoms. The average molecular weight is 307 g/mol. The Balaban J connectivity index is 2.13. The fourth-order valence-electron chi connectivity index (χ4n) is 1.66. The van der Waals surface area contributed by atoms with Crippen LogP contribution in [0.15, 0.2) is 41.0 Å². The maximum atomic E-state index is 5.58. The summed E-state index contributed by atoms with van der Waals surface area (Å²) in [5, 5.41) is 0. The summed E-state index contributed by atoms with van der Waals surface area (Å²) in [4.78, 5) is 10.6. The van der Waals surface area contributed by atoms with E-state index in [1.54, 1.807) is 6.20 Å². The first-order valence-corrected chi connectivity index (χ1v) is 6.46. The molecule has 0 radical (unpaired) electrons. The smallest absolute Gasteiger partial charge is 0.225 e. The molecule has 2 aromatic rings. The summed E-state index contributed by atoms with van der Waals surface area (Å²) in [6.45, 7) is 1.19. The molecular weight excluding hydrogens is 292 g/mol. The Hall–Kier alpha value is -1.46. The SMILES string of the molecule is CN(Cc1cccc(Br)c1)c1nccc(CN)n1. The number of benzene rings is 1. The van der Waals surface area contributed by atoms with Gasteiger partial charge in [0.15, 0.2) is 0 Å². The minimum Gasteiger partial charge on any atom is -0.340 e. The molecule has 0 aliphatic carbocycles. The highest BCUT2D eigenvalue weighted by Crippen LogP contribution is 2.15. The Morgan fingerprint density at radius 3 is 2.89 bits per heavy atom. The number of rotatable bonds is 4. The predicted molar refractivity (Wildman–Crippen MR) is 76.2 cm³/mol. The molecule has 94 valence electrons. The Labute approximate surface area is 115 Å². The first kappa shape index (κ1) is 13.0. The molecule has 0 spiro atoms. The molecule has 0 unspecified atom stereocenters. The largest absolute Gasteiger partial charge is 0.340 e. The van der Waals surface area contributed by atoms with Crippen molar-refractivity contribution < 1.29 is 0 Å². The summed E-state index contributed by atoms with van der Waals surface area (Å²) in [6.07, 6.45) is 1.74. The number of nitrogens with two attached hydrogens (primary N) is 1. The summed E-state index contributed by atoms with van der Waals surface area (Å²) < 4.78 is 1.07. The Morgan fingerprint density at radius 1 is 1.33 bits per heavy atom. The van der Waals surface area contributed by atoms with Gasteiger partial charge in [0.1, 0.15) is 0 Å². The minimum atomic E-state index is 0.431. The monoisotopic (exact) mass is 306 g/mol. The van der Waals surface area contributed by atoms with E-state index in [1.165, 1.54) is 5.56 Å². The van der Waals surface area contributed by atoms with E-state index in [0.29, 0.717) is 12.5 Å². The van der Waals surface area contributed by atoms with Gasteiger partial charge in [-0.05, 0) is 23.8 Å². The van der Waals surface area contributed by atoms with Crippen molar-refractivity contribution in [1.29, 1.82) is 0 Å². The van der Waals surface area contributed by atoms with Crippen molar-refractivity contribution in [3.8, 4) is 0 Å². The van der Waals surface area contributed by atoms with Gasteiger partial charge in [-0.3, -0.25) is 0 Å². The van der Waals surface area contributed by atoms with Gasteiger partial charge >= 0.3 is 0 Å². The van der Waals surface area contributed by atoms with Crippen LogP contribution in [0.2, 0.25) is 0 Å². The Morgan fingerprint density at radius 2 is 2.17 bits per heavy atom. The minimum absolute atomic E-state index is 0.431. The molecule has 2 rings (SSSR count). The first-order chi connectivity index (χ1) is 8.69. The second-order valence-corrected chi connectivity index (χ2v) is 4.95. The van der Waals surface area contributed by atoms with Crippen molar-refractivity contribution in [2.24, 2.45) is 5.73 Å². The maximum Gasteiger partial charge on any atom is 0.225 e. The van der Waals surface area contributed by atoms with E-state index < -0.39 is 0 Å². The predicted octanol–water partition coefficient (Wildman–Crippen LogP) is 2.33. The Bertz CT molecular complexity index is 530. The highest BCUT2D eigenvalue weighted by atomic mass is 79.9. The summed E-state index contributed by atoms with van der Waals surface area (Å²) in [6, 6.07) is 10.0. The first-order valence-electron chi connectivity index (χ1n) is 5.66. The van der Waals surface area contributed by atoms with Gasteiger partial charge < -0.3 is 10.6 Å². The Kier molecular flexibility index (Phi) is 4.28. The molecule has 0 aliphatic rings. The van der Waals surface area contributed by atoms with Crippen molar-refractivity contribution in [3.05, 3.63) is 52.3 Å². The second kappa shape index (κ2) is 5.93. The van der Waals surface area contributed by atoms with E-state index in [4.69, 9.17) is 5.73 Å². The standard InChI is InChI=1S/C13H15BrN4/c1-18(9-10-3-2-4-11(14)7-10)13-16-6-5-12(8-15)17-13/h2-7H,8-9,15H2,1H3. The van der Waals surface area contributed by atoms with Crippen LogP contribution in [0.25, 0.3) is 0 Å².